The highest BCUT2D eigenvalue weighted by atomic mass is 16.4. The van der Waals surface area contributed by atoms with E-state index in [1.807, 2.05) is 19.1 Å². The molecule has 3 rings (SSSR count). The van der Waals surface area contributed by atoms with Crippen molar-refractivity contribution in [3.63, 3.8) is 0 Å². The number of fused-ring (bicyclic) bond motifs is 1. The van der Waals surface area contributed by atoms with E-state index < -0.39 is 5.97 Å². The Morgan fingerprint density at radius 2 is 2.16 bits per heavy atom. The molecule has 0 fully saturated rings. The Morgan fingerprint density at radius 3 is 2.89 bits per heavy atom. The van der Waals surface area contributed by atoms with Crippen LogP contribution >= 0.6 is 0 Å². The van der Waals surface area contributed by atoms with Crippen molar-refractivity contribution in [3.05, 3.63) is 47.7 Å². The Labute approximate surface area is 108 Å². The second kappa shape index (κ2) is 4.20. The first-order valence-corrected chi connectivity index (χ1v) is 5.71. The van der Waals surface area contributed by atoms with Crippen molar-refractivity contribution in [3.8, 4) is 11.6 Å². The highest BCUT2D eigenvalue weighted by Crippen LogP contribution is 2.25. The molecule has 0 unspecified atom stereocenters. The van der Waals surface area contributed by atoms with Crippen LogP contribution in [0.1, 0.15) is 15.9 Å². The van der Waals surface area contributed by atoms with Gasteiger partial charge in [0.1, 0.15) is 11.2 Å². The number of hydrogen-bond donors (Lipinski definition) is 1. The van der Waals surface area contributed by atoms with Crippen molar-refractivity contribution in [2.45, 2.75) is 6.92 Å². The number of oxazole rings is 1. The van der Waals surface area contributed by atoms with Crippen molar-refractivity contribution in [2.24, 2.45) is 0 Å². The molecule has 0 saturated carbocycles. The Balaban J connectivity index is 2.17. The minimum atomic E-state index is -0.992. The predicted molar refractivity (Wildman–Crippen MR) is 68.9 cm³/mol. The standard InChI is InChI=1S/C14H10N2O3/c1-8-3-2-6-15-12(8)13-16-10-5-4-9(14(17)18)7-11(10)19-13/h2-7H,1H3,(H,17,18). The van der Waals surface area contributed by atoms with Gasteiger partial charge in [0.15, 0.2) is 5.58 Å². The number of carboxylic acid groups (broad SMARTS) is 1. The first-order chi connectivity index (χ1) is 9.15. The van der Waals surface area contributed by atoms with Crippen LogP contribution in [0, 0.1) is 6.92 Å². The molecule has 0 atom stereocenters. The third-order valence-corrected chi connectivity index (χ3v) is 2.85. The molecule has 0 radical (unpaired) electrons. The van der Waals surface area contributed by atoms with Crippen LogP contribution in [0.25, 0.3) is 22.7 Å². The molecule has 2 aromatic heterocycles. The van der Waals surface area contributed by atoms with Crippen molar-refractivity contribution < 1.29 is 14.3 Å². The third kappa shape index (κ3) is 1.95. The third-order valence-electron chi connectivity index (χ3n) is 2.85. The van der Waals surface area contributed by atoms with Gasteiger partial charge < -0.3 is 9.52 Å². The fourth-order valence-electron chi connectivity index (χ4n) is 1.87. The zero-order chi connectivity index (χ0) is 13.4. The first kappa shape index (κ1) is 11.4. The highest BCUT2D eigenvalue weighted by molar-refractivity contribution is 5.92. The van der Waals surface area contributed by atoms with E-state index in [1.54, 1.807) is 12.3 Å². The number of hydrogen-bond acceptors (Lipinski definition) is 4. The molecular weight excluding hydrogens is 244 g/mol. The average molecular weight is 254 g/mol. The maximum absolute atomic E-state index is 10.9. The fraction of sp³-hybridized carbons (Fsp3) is 0.0714. The lowest BCUT2D eigenvalue weighted by Gasteiger charge is -1.97. The number of carboxylic acids is 1. The van der Waals surface area contributed by atoms with E-state index in [0.717, 1.165) is 5.56 Å². The number of nitrogens with zero attached hydrogens (tertiary/aromatic N) is 2. The molecular formula is C14H10N2O3. The lowest BCUT2D eigenvalue weighted by molar-refractivity contribution is 0.0697. The Hall–Kier alpha value is -2.69. The van der Waals surface area contributed by atoms with Gasteiger partial charge in [0.05, 0.1) is 5.56 Å². The van der Waals surface area contributed by atoms with Crippen molar-refractivity contribution in [1.82, 2.24) is 9.97 Å². The molecule has 0 aliphatic rings. The van der Waals surface area contributed by atoms with Gasteiger partial charge in [-0.2, -0.15) is 0 Å². The van der Waals surface area contributed by atoms with E-state index in [0.29, 0.717) is 22.7 Å². The predicted octanol–water partition coefficient (Wildman–Crippen LogP) is 2.90. The van der Waals surface area contributed by atoms with Crippen LogP contribution in [0.3, 0.4) is 0 Å². The van der Waals surface area contributed by atoms with Gasteiger partial charge in [0.2, 0.25) is 5.89 Å². The van der Waals surface area contributed by atoms with E-state index in [-0.39, 0.29) is 5.56 Å². The number of pyridine rings is 1. The second-order valence-electron chi connectivity index (χ2n) is 4.18. The summed E-state index contributed by atoms with van der Waals surface area (Å²) in [5.41, 5.74) is 2.85. The molecule has 2 heterocycles. The summed E-state index contributed by atoms with van der Waals surface area (Å²) < 4.78 is 5.59. The number of benzene rings is 1. The van der Waals surface area contributed by atoms with E-state index in [1.165, 1.54) is 12.1 Å². The lowest BCUT2D eigenvalue weighted by Crippen LogP contribution is -1.94. The zero-order valence-electron chi connectivity index (χ0n) is 10.1. The summed E-state index contributed by atoms with van der Waals surface area (Å²) >= 11 is 0. The molecule has 0 bridgehead atoms. The molecule has 0 amide bonds. The van der Waals surface area contributed by atoms with Crippen LogP contribution in [-0.4, -0.2) is 21.0 Å². The number of aromatic carboxylic acids is 1. The van der Waals surface area contributed by atoms with Gasteiger partial charge >= 0.3 is 5.97 Å². The number of aromatic nitrogens is 2. The average Bonchev–Trinajstić information content (AvgIpc) is 2.81. The smallest absolute Gasteiger partial charge is 0.335 e. The zero-order valence-corrected chi connectivity index (χ0v) is 10.1. The van der Waals surface area contributed by atoms with Crippen LogP contribution in [0.5, 0.6) is 0 Å². The van der Waals surface area contributed by atoms with Crippen molar-refractivity contribution >= 4 is 17.1 Å². The highest BCUT2D eigenvalue weighted by Gasteiger charge is 2.13. The topological polar surface area (TPSA) is 76.2 Å². The van der Waals surface area contributed by atoms with Crippen LogP contribution in [0.4, 0.5) is 0 Å². The quantitative estimate of drug-likeness (QED) is 0.760. The molecule has 19 heavy (non-hydrogen) atoms. The molecule has 94 valence electrons. The maximum Gasteiger partial charge on any atom is 0.335 e. The van der Waals surface area contributed by atoms with Crippen molar-refractivity contribution in [2.75, 3.05) is 0 Å². The van der Waals surface area contributed by atoms with E-state index in [2.05, 4.69) is 9.97 Å². The Kier molecular flexibility index (Phi) is 2.52. The Bertz CT molecular complexity index is 777. The van der Waals surface area contributed by atoms with E-state index in [4.69, 9.17) is 9.52 Å². The first-order valence-electron chi connectivity index (χ1n) is 5.71. The Morgan fingerprint density at radius 1 is 1.32 bits per heavy atom. The monoisotopic (exact) mass is 254 g/mol. The molecule has 1 aromatic carbocycles. The normalized spacial score (nSPS) is 10.8. The summed E-state index contributed by atoms with van der Waals surface area (Å²) in [6.45, 7) is 1.92. The maximum atomic E-state index is 10.9. The summed E-state index contributed by atoms with van der Waals surface area (Å²) in [5, 5.41) is 8.94. The lowest BCUT2D eigenvalue weighted by atomic mass is 10.2. The van der Waals surface area contributed by atoms with Crippen LogP contribution in [-0.2, 0) is 0 Å². The molecule has 5 heteroatoms. The minimum Gasteiger partial charge on any atom is -0.478 e. The molecule has 5 nitrogen and oxygen atoms in total. The second-order valence-corrected chi connectivity index (χ2v) is 4.18. The SMILES string of the molecule is Cc1cccnc1-c1nc2ccc(C(=O)O)cc2o1. The van der Waals surface area contributed by atoms with Crippen LogP contribution in [0.2, 0.25) is 0 Å². The van der Waals surface area contributed by atoms with Crippen LogP contribution < -0.4 is 0 Å². The van der Waals surface area contributed by atoms with Gasteiger partial charge in [0.25, 0.3) is 0 Å². The molecule has 0 aliphatic carbocycles. The van der Waals surface area contributed by atoms with Gasteiger partial charge in [-0.1, -0.05) is 6.07 Å². The number of carbonyl (C=O) groups is 1. The van der Waals surface area contributed by atoms with Gasteiger partial charge in [-0.25, -0.2) is 9.78 Å². The molecule has 0 saturated heterocycles. The van der Waals surface area contributed by atoms with E-state index >= 15 is 0 Å². The largest absolute Gasteiger partial charge is 0.478 e. The molecule has 0 spiro atoms. The summed E-state index contributed by atoms with van der Waals surface area (Å²) in [4.78, 5) is 19.5. The fourth-order valence-corrected chi connectivity index (χ4v) is 1.87. The van der Waals surface area contributed by atoms with Gasteiger partial charge in [0, 0.05) is 6.20 Å². The minimum absolute atomic E-state index is 0.174. The summed E-state index contributed by atoms with van der Waals surface area (Å²) in [6, 6.07) is 8.35. The summed E-state index contributed by atoms with van der Waals surface area (Å²) in [7, 11) is 0. The molecule has 3 aromatic rings. The number of aryl methyl sites for hydroxylation is 1. The van der Waals surface area contributed by atoms with Gasteiger partial charge in [-0.3, -0.25) is 4.98 Å². The van der Waals surface area contributed by atoms with Crippen molar-refractivity contribution in [1.29, 1.82) is 0 Å². The molecule has 1 N–H and O–H groups in total. The summed E-state index contributed by atoms with van der Waals surface area (Å²) in [6.07, 6.45) is 1.67. The number of rotatable bonds is 2. The van der Waals surface area contributed by atoms with Gasteiger partial charge in [-0.05, 0) is 36.8 Å². The van der Waals surface area contributed by atoms with E-state index in [9.17, 15) is 4.79 Å². The van der Waals surface area contributed by atoms with Crippen LogP contribution in [0.15, 0.2) is 40.9 Å². The van der Waals surface area contributed by atoms with Gasteiger partial charge in [-0.15, -0.1) is 0 Å². The molecule has 0 aliphatic heterocycles. The summed E-state index contributed by atoms with van der Waals surface area (Å²) in [5.74, 6) is -0.593.